The van der Waals surface area contributed by atoms with E-state index in [2.05, 4.69) is 91.2 Å². The second kappa shape index (κ2) is 6.50. The molecule has 1 N–H and O–H groups in total. The Balaban J connectivity index is 1.72. The molecule has 1 aromatic heterocycles. The van der Waals surface area contributed by atoms with Crippen LogP contribution in [-0.2, 0) is 6.54 Å². The van der Waals surface area contributed by atoms with E-state index in [1.165, 1.54) is 32.8 Å². The normalized spacial score (nSPS) is 12.8. The molecule has 0 saturated carbocycles. The first-order valence-corrected chi connectivity index (χ1v) is 9.86. The Labute approximate surface area is 164 Å². The summed E-state index contributed by atoms with van der Waals surface area (Å²) in [6.45, 7) is 5.21. The minimum atomic E-state index is -0.654. The maximum atomic E-state index is 11.3. The number of aliphatic hydroxyl groups is 1. The van der Waals surface area contributed by atoms with Crippen molar-refractivity contribution in [1.82, 2.24) is 4.57 Å². The molecule has 1 heterocycles. The van der Waals surface area contributed by atoms with E-state index in [1.54, 1.807) is 0 Å². The zero-order valence-corrected chi connectivity index (χ0v) is 16.2. The van der Waals surface area contributed by atoms with Gasteiger partial charge < -0.3 is 9.67 Å². The van der Waals surface area contributed by atoms with Crippen LogP contribution in [0.3, 0.4) is 0 Å². The van der Waals surface area contributed by atoms with Crippen LogP contribution in [-0.4, -0.2) is 9.67 Å². The molecular weight excluding hydrogens is 342 g/mol. The van der Waals surface area contributed by atoms with Gasteiger partial charge in [-0.1, -0.05) is 60.7 Å². The van der Waals surface area contributed by atoms with Crippen LogP contribution in [0.4, 0.5) is 0 Å². The minimum absolute atomic E-state index is 0.654. The number of aromatic nitrogens is 1. The first-order chi connectivity index (χ1) is 13.7. The number of aliphatic hydroxyl groups excluding tert-OH is 1. The van der Waals surface area contributed by atoms with Gasteiger partial charge in [-0.05, 0) is 59.5 Å². The molecule has 0 spiro atoms. The van der Waals surface area contributed by atoms with Crippen molar-refractivity contribution in [2.75, 3.05) is 0 Å². The number of hydrogen-bond acceptors (Lipinski definition) is 1. The van der Waals surface area contributed by atoms with Gasteiger partial charge in [-0.25, -0.2) is 0 Å². The second-order valence-electron chi connectivity index (χ2n) is 7.46. The van der Waals surface area contributed by atoms with Gasteiger partial charge in [0.25, 0.3) is 0 Å². The van der Waals surface area contributed by atoms with Gasteiger partial charge in [0.05, 0.1) is 0 Å². The van der Waals surface area contributed by atoms with E-state index in [-0.39, 0.29) is 0 Å². The van der Waals surface area contributed by atoms with Gasteiger partial charge in [0.15, 0.2) is 0 Å². The van der Waals surface area contributed by atoms with Crippen molar-refractivity contribution in [3.63, 3.8) is 0 Å². The lowest BCUT2D eigenvalue weighted by Gasteiger charge is -2.16. The summed E-state index contributed by atoms with van der Waals surface area (Å²) < 4.78 is 2.34. The largest absolute Gasteiger partial charge is 0.384 e. The molecule has 5 rings (SSSR count). The molecule has 2 heteroatoms. The quantitative estimate of drug-likeness (QED) is 0.395. The van der Waals surface area contributed by atoms with Gasteiger partial charge >= 0.3 is 0 Å². The number of rotatable bonds is 3. The molecule has 1 unspecified atom stereocenters. The van der Waals surface area contributed by atoms with E-state index in [4.69, 9.17) is 0 Å². The molecule has 0 aliphatic heterocycles. The third kappa shape index (κ3) is 2.45. The zero-order valence-electron chi connectivity index (χ0n) is 16.2. The smallest absolute Gasteiger partial charge is 0.105 e. The molecule has 2 nitrogen and oxygen atoms in total. The van der Waals surface area contributed by atoms with Crippen molar-refractivity contribution in [2.24, 2.45) is 0 Å². The summed E-state index contributed by atoms with van der Waals surface area (Å²) in [5, 5.41) is 16.0. The van der Waals surface area contributed by atoms with Crippen LogP contribution in [0.2, 0.25) is 0 Å². The predicted molar refractivity (Wildman–Crippen MR) is 118 cm³/mol. The number of benzene rings is 4. The Bertz CT molecular complexity index is 1330. The van der Waals surface area contributed by atoms with E-state index < -0.39 is 6.10 Å². The first-order valence-electron chi connectivity index (χ1n) is 9.86. The summed E-state index contributed by atoms with van der Waals surface area (Å²) in [5.74, 6) is 0. The molecular formula is C26H23NO. The van der Waals surface area contributed by atoms with Crippen molar-refractivity contribution >= 4 is 32.6 Å². The molecule has 0 aliphatic carbocycles. The summed E-state index contributed by atoms with van der Waals surface area (Å²) in [7, 11) is 0. The van der Waals surface area contributed by atoms with E-state index in [1.807, 2.05) is 6.07 Å². The van der Waals surface area contributed by atoms with Crippen molar-refractivity contribution in [2.45, 2.75) is 26.5 Å². The molecule has 0 fully saturated rings. The molecule has 0 amide bonds. The maximum Gasteiger partial charge on any atom is 0.105 e. The lowest BCUT2D eigenvalue weighted by atomic mass is 9.93. The van der Waals surface area contributed by atoms with Gasteiger partial charge in [0, 0.05) is 28.4 Å². The highest BCUT2D eigenvalue weighted by Gasteiger charge is 2.17. The van der Waals surface area contributed by atoms with Crippen LogP contribution in [0.1, 0.15) is 29.7 Å². The average Bonchev–Trinajstić information content (AvgIpc) is 3.07. The lowest BCUT2D eigenvalue weighted by Crippen LogP contribution is -2.01. The number of para-hydroxylation sites is 1. The van der Waals surface area contributed by atoms with Crippen molar-refractivity contribution in [3.8, 4) is 0 Å². The molecule has 0 radical (unpaired) electrons. The van der Waals surface area contributed by atoms with Gasteiger partial charge in [-0.3, -0.25) is 0 Å². The van der Waals surface area contributed by atoms with E-state index in [0.717, 1.165) is 23.1 Å². The Morgan fingerprint density at radius 3 is 2.21 bits per heavy atom. The summed E-state index contributed by atoms with van der Waals surface area (Å²) in [4.78, 5) is 0. The van der Waals surface area contributed by atoms with Crippen LogP contribution in [0, 0.1) is 6.92 Å². The van der Waals surface area contributed by atoms with E-state index in [9.17, 15) is 5.11 Å². The number of aryl methyl sites for hydroxylation is 2. The van der Waals surface area contributed by atoms with Crippen LogP contribution in [0.5, 0.6) is 0 Å². The highest BCUT2D eigenvalue weighted by atomic mass is 16.3. The second-order valence-corrected chi connectivity index (χ2v) is 7.46. The van der Waals surface area contributed by atoms with Crippen molar-refractivity contribution < 1.29 is 5.11 Å². The standard InChI is InChI=1S/C26H23NO/c1-3-27-24-11-7-6-10-21(24)23-16-18(13-15-25(23)27)26(28)22-14-12-17(2)19-8-4-5-9-20(19)22/h4-16,26,28H,3H2,1-2H3. The molecule has 1 atom stereocenters. The molecule has 5 aromatic rings. The third-order valence-corrected chi connectivity index (χ3v) is 5.90. The highest BCUT2D eigenvalue weighted by molar-refractivity contribution is 6.08. The molecule has 138 valence electrons. The number of hydrogen-bond donors (Lipinski definition) is 1. The number of fused-ring (bicyclic) bond motifs is 4. The van der Waals surface area contributed by atoms with Gasteiger partial charge in [-0.15, -0.1) is 0 Å². The third-order valence-electron chi connectivity index (χ3n) is 5.90. The van der Waals surface area contributed by atoms with Crippen molar-refractivity contribution in [1.29, 1.82) is 0 Å². The van der Waals surface area contributed by atoms with Crippen LogP contribution in [0.25, 0.3) is 32.6 Å². The van der Waals surface area contributed by atoms with E-state index >= 15 is 0 Å². The number of nitrogens with zero attached hydrogens (tertiary/aromatic N) is 1. The van der Waals surface area contributed by atoms with Crippen molar-refractivity contribution in [3.05, 3.63) is 95.6 Å². The summed E-state index contributed by atoms with van der Waals surface area (Å²) >= 11 is 0. The zero-order chi connectivity index (χ0) is 19.3. The topological polar surface area (TPSA) is 25.2 Å². The molecule has 4 aromatic carbocycles. The minimum Gasteiger partial charge on any atom is -0.384 e. The fourth-order valence-electron chi connectivity index (χ4n) is 4.47. The molecule has 0 aliphatic rings. The van der Waals surface area contributed by atoms with E-state index in [0.29, 0.717) is 0 Å². The predicted octanol–water partition coefficient (Wildman–Crippen LogP) is 6.36. The molecule has 0 bridgehead atoms. The molecule has 0 saturated heterocycles. The Morgan fingerprint density at radius 2 is 1.43 bits per heavy atom. The maximum absolute atomic E-state index is 11.3. The Hall–Kier alpha value is -3.10. The van der Waals surface area contributed by atoms with Gasteiger partial charge in [0.2, 0.25) is 0 Å². The van der Waals surface area contributed by atoms with Gasteiger partial charge in [-0.2, -0.15) is 0 Å². The van der Waals surface area contributed by atoms with Crippen LogP contribution < -0.4 is 0 Å². The Kier molecular flexibility index (Phi) is 3.96. The fraction of sp³-hybridized carbons (Fsp3) is 0.154. The summed E-state index contributed by atoms with van der Waals surface area (Å²) in [6, 6.07) is 27.3. The lowest BCUT2D eigenvalue weighted by molar-refractivity contribution is 0.222. The SMILES string of the molecule is CCn1c2ccccc2c2cc(C(O)c3ccc(C)c4ccccc34)ccc21. The monoisotopic (exact) mass is 365 g/mol. The summed E-state index contributed by atoms with van der Waals surface area (Å²) in [6.07, 6.45) is -0.654. The Morgan fingerprint density at radius 1 is 0.750 bits per heavy atom. The summed E-state index contributed by atoms with van der Waals surface area (Å²) in [5.41, 5.74) is 5.58. The molecule has 28 heavy (non-hydrogen) atoms. The van der Waals surface area contributed by atoms with Crippen LogP contribution in [0.15, 0.2) is 78.9 Å². The average molecular weight is 365 g/mol. The first kappa shape index (κ1) is 17.0. The fourth-order valence-corrected chi connectivity index (χ4v) is 4.47. The highest BCUT2D eigenvalue weighted by Crippen LogP contribution is 2.35. The van der Waals surface area contributed by atoms with Crippen LogP contribution >= 0.6 is 0 Å². The van der Waals surface area contributed by atoms with Gasteiger partial charge in [0.1, 0.15) is 6.10 Å².